The van der Waals surface area contributed by atoms with Crippen LogP contribution in [0.4, 0.5) is 0 Å². The maximum absolute atomic E-state index is 11.3. The first-order valence-electron chi connectivity index (χ1n) is 4.45. The van der Waals surface area contributed by atoms with E-state index in [1.807, 2.05) is 13.8 Å². The molecule has 0 saturated heterocycles. The van der Waals surface area contributed by atoms with Crippen molar-refractivity contribution in [1.29, 1.82) is 0 Å². The molecule has 14 heavy (non-hydrogen) atoms. The first-order chi connectivity index (χ1) is 6.46. The molecule has 1 aromatic heterocycles. The molecule has 1 aromatic rings. The van der Waals surface area contributed by atoms with E-state index in [-0.39, 0.29) is 16.7 Å². The van der Waals surface area contributed by atoms with Crippen molar-refractivity contribution in [2.24, 2.45) is 11.1 Å². The van der Waals surface area contributed by atoms with Crippen molar-refractivity contribution < 1.29 is 0 Å². The lowest BCUT2D eigenvalue weighted by atomic mass is 9.94. The summed E-state index contributed by atoms with van der Waals surface area (Å²) in [4.78, 5) is 25.1. The lowest BCUT2D eigenvalue weighted by Gasteiger charge is -2.22. The quantitative estimate of drug-likeness (QED) is 0.686. The van der Waals surface area contributed by atoms with Gasteiger partial charge in [-0.1, -0.05) is 13.8 Å². The summed E-state index contributed by atoms with van der Waals surface area (Å²) in [6.07, 6.45) is 1.34. The van der Waals surface area contributed by atoms with E-state index in [2.05, 4.69) is 4.98 Å². The molecule has 5 nitrogen and oxygen atoms in total. The first kappa shape index (κ1) is 10.7. The van der Waals surface area contributed by atoms with Crippen LogP contribution < -0.4 is 17.0 Å². The van der Waals surface area contributed by atoms with Gasteiger partial charge < -0.3 is 10.7 Å². The topological polar surface area (TPSA) is 80.9 Å². The van der Waals surface area contributed by atoms with Gasteiger partial charge in [-0.2, -0.15) is 0 Å². The Kier molecular flexibility index (Phi) is 2.90. The Morgan fingerprint density at radius 1 is 1.50 bits per heavy atom. The number of hydrogen-bond donors (Lipinski definition) is 2. The van der Waals surface area contributed by atoms with Crippen molar-refractivity contribution in [1.82, 2.24) is 9.55 Å². The molecule has 0 aliphatic rings. The van der Waals surface area contributed by atoms with E-state index in [0.29, 0.717) is 13.1 Å². The third-order valence-electron chi connectivity index (χ3n) is 2.08. The van der Waals surface area contributed by atoms with E-state index in [4.69, 9.17) is 5.73 Å². The maximum atomic E-state index is 11.3. The highest BCUT2D eigenvalue weighted by molar-refractivity contribution is 4.85. The van der Waals surface area contributed by atoms with Crippen LogP contribution in [0.25, 0.3) is 0 Å². The molecule has 0 atom stereocenters. The minimum absolute atomic E-state index is 0.252. The number of aromatic nitrogens is 2. The van der Waals surface area contributed by atoms with E-state index in [0.717, 1.165) is 4.57 Å². The van der Waals surface area contributed by atoms with Crippen molar-refractivity contribution >= 4 is 0 Å². The summed E-state index contributed by atoms with van der Waals surface area (Å²) in [5, 5.41) is 0. The number of rotatable bonds is 3. The van der Waals surface area contributed by atoms with E-state index < -0.39 is 0 Å². The molecule has 3 N–H and O–H groups in total. The lowest BCUT2D eigenvalue weighted by molar-refractivity contribution is 0.306. The highest BCUT2D eigenvalue weighted by atomic mass is 16.2. The number of nitrogens with one attached hydrogen (secondary N) is 1. The number of nitrogens with zero attached hydrogens (tertiary/aromatic N) is 1. The van der Waals surface area contributed by atoms with Crippen LogP contribution in [0.15, 0.2) is 21.9 Å². The third kappa shape index (κ3) is 2.32. The smallest absolute Gasteiger partial charge is 0.328 e. The zero-order valence-electron chi connectivity index (χ0n) is 8.41. The Balaban J connectivity index is 3.10. The molecule has 0 aromatic carbocycles. The molecule has 0 spiro atoms. The Hall–Kier alpha value is -1.36. The van der Waals surface area contributed by atoms with Gasteiger partial charge >= 0.3 is 5.69 Å². The minimum Gasteiger partial charge on any atom is -0.330 e. The van der Waals surface area contributed by atoms with Gasteiger partial charge in [0.15, 0.2) is 0 Å². The zero-order chi connectivity index (χ0) is 10.8. The van der Waals surface area contributed by atoms with E-state index in [9.17, 15) is 9.59 Å². The van der Waals surface area contributed by atoms with Gasteiger partial charge in [-0.25, -0.2) is 4.79 Å². The van der Waals surface area contributed by atoms with E-state index >= 15 is 0 Å². The standard InChI is InChI=1S/C9H15N3O2/c1-9(2,5-10)6-12-7(13)3-4-11-8(12)14/h3-4H,5-6,10H2,1-2H3,(H,11,14). The average molecular weight is 197 g/mol. The lowest BCUT2D eigenvalue weighted by Crippen LogP contribution is -2.40. The van der Waals surface area contributed by atoms with Crippen LogP contribution in [0.5, 0.6) is 0 Å². The van der Waals surface area contributed by atoms with Crippen LogP contribution in [-0.4, -0.2) is 16.1 Å². The van der Waals surface area contributed by atoms with E-state index in [1.165, 1.54) is 12.3 Å². The predicted octanol–water partition coefficient (Wildman–Crippen LogP) is -0.478. The molecule has 0 radical (unpaired) electrons. The predicted molar refractivity (Wildman–Crippen MR) is 54.2 cm³/mol. The molecule has 0 fully saturated rings. The minimum atomic E-state index is -0.390. The molecule has 78 valence electrons. The Labute approximate surface area is 81.6 Å². The first-order valence-corrected chi connectivity index (χ1v) is 4.45. The highest BCUT2D eigenvalue weighted by Crippen LogP contribution is 2.13. The van der Waals surface area contributed by atoms with Crippen molar-refractivity contribution in [2.75, 3.05) is 6.54 Å². The zero-order valence-corrected chi connectivity index (χ0v) is 8.41. The second-order valence-electron chi connectivity index (χ2n) is 4.08. The fourth-order valence-electron chi connectivity index (χ4n) is 1.09. The summed E-state index contributed by atoms with van der Waals surface area (Å²) in [5.74, 6) is 0. The van der Waals surface area contributed by atoms with Gasteiger partial charge in [0.05, 0.1) is 0 Å². The summed E-state index contributed by atoms with van der Waals surface area (Å²) in [6, 6.07) is 1.33. The van der Waals surface area contributed by atoms with Crippen molar-refractivity contribution in [3.05, 3.63) is 33.1 Å². The third-order valence-corrected chi connectivity index (χ3v) is 2.08. The molecule has 0 amide bonds. The van der Waals surface area contributed by atoms with Crippen LogP contribution in [-0.2, 0) is 6.54 Å². The van der Waals surface area contributed by atoms with Crippen LogP contribution in [0.1, 0.15) is 13.8 Å². The van der Waals surface area contributed by atoms with Gasteiger partial charge in [0.25, 0.3) is 5.56 Å². The van der Waals surface area contributed by atoms with Gasteiger partial charge in [0.1, 0.15) is 0 Å². The van der Waals surface area contributed by atoms with Gasteiger partial charge in [0, 0.05) is 18.8 Å². The molecule has 1 heterocycles. The largest absolute Gasteiger partial charge is 0.330 e. The molecule has 0 unspecified atom stereocenters. The Morgan fingerprint density at radius 2 is 2.14 bits per heavy atom. The number of H-pyrrole nitrogens is 1. The fourth-order valence-corrected chi connectivity index (χ4v) is 1.09. The molecule has 0 bridgehead atoms. The molecular formula is C9H15N3O2. The van der Waals surface area contributed by atoms with Crippen LogP contribution >= 0.6 is 0 Å². The average Bonchev–Trinajstić information content (AvgIpc) is 2.12. The fraction of sp³-hybridized carbons (Fsp3) is 0.556. The Morgan fingerprint density at radius 3 is 2.64 bits per heavy atom. The van der Waals surface area contributed by atoms with Crippen molar-refractivity contribution in [3.8, 4) is 0 Å². The number of nitrogens with two attached hydrogens (primary N) is 1. The van der Waals surface area contributed by atoms with Crippen LogP contribution in [0.2, 0.25) is 0 Å². The van der Waals surface area contributed by atoms with E-state index in [1.54, 1.807) is 0 Å². The van der Waals surface area contributed by atoms with Gasteiger partial charge in [-0.3, -0.25) is 9.36 Å². The SMILES string of the molecule is CC(C)(CN)Cn1c(=O)cc[nH]c1=O. The molecule has 0 aliphatic heterocycles. The van der Waals surface area contributed by atoms with Crippen molar-refractivity contribution in [2.45, 2.75) is 20.4 Å². The number of hydrogen-bond acceptors (Lipinski definition) is 3. The second kappa shape index (κ2) is 3.79. The summed E-state index contributed by atoms with van der Waals surface area (Å²) in [5.41, 5.74) is 4.59. The molecule has 0 saturated carbocycles. The molecule has 1 rings (SSSR count). The summed E-state index contributed by atoms with van der Waals surface area (Å²) in [6.45, 7) is 4.57. The summed E-state index contributed by atoms with van der Waals surface area (Å²) in [7, 11) is 0. The highest BCUT2D eigenvalue weighted by Gasteiger charge is 2.18. The van der Waals surface area contributed by atoms with Crippen LogP contribution in [0, 0.1) is 5.41 Å². The normalized spacial score (nSPS) is 11.6. The van der Waals surface area contributed by atoms with Gasteiger partial charge in [-0.05, 0) is 12.0 Å². The molecular weight excluding hydrogens is 182 g/mol. The van der Waals surface area contributed by atoms with Gasteiger partial charge in [-0.15, -0.1) is 0 Å². The van der Waals surface area contributed by atoms with Crippen LogP contribution in [0.3, 0.4) is 0 Å². The second-order valence-corrected chi connectivity index (χ2v) is 4.08. The summed E-state index contributed by atoms with van der Waals surface area (Å²) < 4.78 is 1.16. The molecule has 0 aliphatic carbocycles. The van der Waals surface area contributed by atoms with Gasteiger partial charge in [0.2, 0.25) is 0 Å². The number of aromatic amines is 1. The maximum Gasteiger partial charge on any atom is 0.328 e. The summed E-state index contributed by atoms with van der Waals surface area (Å²) >= 11 is 0. The Bertz CT molecular complexity index is 388. The monoisotopic (exact) mass is 197 g/mol. The van der Waals surface area contributed by atoms with Crippen molar-refractivity contribution in [3.63, 3.8) is 0 Å². The molecule has 5 heteroatoms.